The van der Waals surface area contributed by atoms with E-state index in [1.54, 1.807) is 28.8 Å². The first-order valence-electron chi connectivity index (χ1n) is 4.52. The molecule has 82 valence electrons. The highest BCUT2D eigenvalue weighted by Gasteiger charge is 2.03. The van der Waals surface area contributed by atoms with Crippen molar-refractivity contribution < 1.29 is 5.11 Å². The van der Waals surface area contributed by atoms with Crippen LogP contribution >= 0.6 is 12.2 Å². The van der Waals surface area contributed by atoms with Crippen molar-refractivity contribution in [1.29, 1.82) is 0 Å². The van der Waals surface area contributed by atoms with Crippen LogP contribution in [0.1, 0.15) is 0 Å². The van der Waals surface area contributed by atoms with Crippen LogP contribution in [0.25, 0.3) is 5.69 Å². The topological polar surface area (TPSA) is 90.1 Å². The average Bonchev–Trinajstić information content (AvgIpc) is 2.19. The molecule has 2 rings (SSSR count). The third-order valence-electron chi connectivity index (χ3n) is 2.08. The molecule has 0 unspecified atom stereocenters. The van der Waals surface area contributed by atoms with Gasteiger partial charge in [0.15, 0.2) is 0 Å². The molecule has 6 heteroatoms. The molecule has 1 heterocycles. The molecule has 0 saturated carbocycles. The zero-order valence-electron chi connectivity index (χ0n) is 8.29. The Bertz CT molecular complexity index is 576. The van der Waals surface area contributed by atoms with Crippen molar-refractivity contribution in [1.82, 2.24) is 9.55 Å². The molecule has 2 aromatic rings. The summed E-state index contributed by atoms with van der Waals surface area (Å²) in [5, 5.41) is 9.18. The third kappa shape index (κ3) is 1.82. The number of benzene rings is 1. The Labute approximate surface area is 97.0 Å². The van der Waals surface area contributed by atoms with Gasteiger partial charge in [0, 0.05) is 6.07 Å². The summed E-state index contributed by atoms with van der Waals surface area (Å²) >= 11 is 5.07. The number of hydrogen-bond acceptors (Lipinski definition) is 5. The predicted octanol–water partition coefficient (Wildman–Crippen LogP) is 1.47. The van der Waals surface area contributed by atoms with Gasteiger partial charge in [0.05, 0.1) is 5.69 Å². The number of nitrogen functional groups attached to an aromatic ring is 2. The van der Waals surface area contributed by atoms with Crippen LogP contribution in [-0.2, 0) is 0 Å². The minimum atomic E-state index is 0.178. The summed E-state index contributed by atoms with van der Waals surface area (Å²) in [4.78, 5) is 3.95. The Morgan fingerprint density at radius 3 is 2.38 bits per heavy atom. The fourth-order valence-electron chi connectivity index (χ4n) is 1.38. The van der Waals surface area contributed by atoms with Crippen LogP contribution in [0.15, 0.2) is 30.3 Å². The van der Waals surface area contributed by atoms with E-state index in [1.807, 2.05) is 0 Å². The maximum Gasteiger partial charge on any atom is 0.207 e. The second-order valence-corrected chi connectivity index (χ2v) is 3.61. The van der Waals surface area contributed by atoms with Gasteiger partial charge < -0.3 is 16.6 Å². The molecule has 0 radical (unpaired) electrons. The highest BCUT2D eigenvalue weighted by Crippen LogP contribution is 2.18. The van der Waals surface area contributed by atoms with E-state index in [1.165, 1.54) is 6.07 Å². The van der Waals surface area contributed by atoms with Crippen molar-refractivity contribution in [3.05, 3.63) is 35.1 Å². The lowest BCUT2D eigenvalue weighted by Crippen LogP contribution is -2.08. The van der Waals surface area contributed by atoms with Crippen molar-refractivity contribution in [3.8, 4) is 11.4 Å². The van der Waals surface area contributed by atoms with Crippen molar-refractivity contribution in [2.75, 3.05) is 11.5 Å². The molecule has 0 aliphatic heterocycles. The second-order valence-electron chi connectivity index (χ2n) is 3.24. The fourth-order valence-corrected chi connectivity index (χ4v) is 1.70. The van der Waals surface area contributed by atoms with Gasteiger partial charge in [-0.05, 0) is 36.5 Å². The van der Waals surface area contributed by atoms with Gasteiger partial charge in [-0.3, -0.25) is 4.57 Å². The fraction of sp³-hybridized carbons (Fsp3) is 0. The minimum absolute atomic E-state index is 0.178. The molecule has 0 atom stereocenters. The Hall–Kier alpha value is -2.08. The quantitative estimate of drug-likeness (QED) is 0.650. The highest BCUT2D eigenvalue weighted by atomic mass is 32.1. The lowest BCUT2D eigenvalue weighted by molar-refractivity contribution is 0.475. The average molecular weight is 234 g/mol. The molecule has 1 aromatic heterocycles. The normalized spacial score (nSPS) is 10.2. The molecular weight excluding hydrogens is 224 g/mol. The van der Waals surface area contributed by atoms with Crippen LogP contribution in [0.4, 0.5) is 11.6 Å². The molecule has 5 nitrogen and oxygen atoms in total. The molecule has 0 amide bonds. The monoisotopic (exact) mass is 234 g/mol. The molecule has 0 spiro atoms. The minimum Gasteiger partial charge on any atom is -0.508 e. The van der Waals surface area contributed by atoms with Crippen LogP contribution in [0, 0.1) is 4.77 Å². The van der Waals surface area contributed by atoms with Crippen LogP contribution in [0.5, 0.6) is 5.75 Å². The van der Waals surface area contributed by atoms with Gasteiger partial charge >= 0.3 is 0 Å². The number of nitrogens with two attached hydrogens (primary N) is 2. The molecule has 0 fully saturated rings. The van der Waals surface area contributed by atoms with Gasteiger partial charge in [-0.25, -0.2) is 4.98 Å². The van der Waals surface area contributed by atoms with E-state index < -0.39 is 0 Å². The Morgan fingerprint density at radius 2 is 1.81 bits per heavy atom. The van der Waals surface area contributed by atoms with E-state index in [2.05, 4.69) is 4.98 Å². The zero-order valence-corrected chi connectivity index (χ0v) is 9.11. The second kappa shape index (κ2) is 3.82. The SMILES string of the molecule is Nc1cc(N)n(-c2ccc(O)cc2)c(=S)n1. The Balaban J connectivity index is 2.65. The maximum absolute atomic E-state index is 9.18. The summed E-state index contributed by atoms with van der Waals surface area (Å²) < 4.78 is 1.86. The highest BCUT2D eigenvalue weighted by molar-refractivity contribution is 7.71. The van der Waals surface area contributed by atoms with Gasteiger partial charge in [0.2, 0.25) is 4.77 Å². The van der Waals surface area contributed by atoms with Crippen LogP contribution < -0.4 is 11.5 Å². The molecule has 0 aliphatic carbocycles. The van der Waals surface area contributed by atoms with Crippen molar-refractivity contribution in [2.45, 2.75) is 0 Å². The largest absolute Gasteiger partial charge is 0.508 e. The summed E-state index contributed by atoms with van der Waals surface area (Å²) in [5.41, 5.74) is 12.1. The van der Waals surface area contributed by atoms with E-state index in [0.717, 1.165) is 5.69 Å². The van der Waals surface area contributed by atoms with Crippen LogP contribution in [0.3, 0.4) is 0 Å². The van der Waals surface area contributed by atoms with Gasteiger partial charge in [-0.2, -0.15) is 0 Å². The zero-order chi connectivity index (χ0) is 11.7. The van der Waals surface area contributed by atoms with E-state index in [4.69, 9.17) is 23.7 Å². The summed E-state index contributed by atoms with van der Waals surface area (Å²) in [5.74, 6) is 0.873. The van der Waals surface area contributed by atoms with E-state index >= 15 is 0 Å². The molecule has 0 saturated heterocycles. The lowest BCUT2D eigenvalue weighted by atomic mass is 10.3. The molecule has 5 N–H and O–H groups in total. The number of phenolic OH excluding ortho intramolecular Hbond substituents is 1. The van der Waals surface area contributed by atoms with Crippen LogP contribution in [-0.4, -0.2) is 14.7 Å². The number of aromatic nitrogens is 2. The molecule has 1 aromatic carbocycles. The number of hydrogen-bond donors (Lipinski definition) is 3. The van der Waals surface area contributed by atoms with Gasteiger partial charge in [0.1, 0.15) is 17.4 Å². The summed E-state index contributed by atoms with van der Waals surface area (Å²) in [6, 6.07) is 8.02. The smallest absolute Gasteiger partial charge is 0.207 e. The molecule has 0 aliphatic rings. The Morgan fingerprint density at radius 1 is 1.19 bits per heavy atom. The van der Waals surface area contributed by atoms with Gasteiger partial charge in [-0.15, -0.1) is 0 Å². The van der Waals surface area contributed by atoms with Gasteiger partial charge in [0.25, 0.3) is 0 Å². The number of rotatable bonds is 1. The van der Waals surface area contributed by atoms with Crippen LogP contribution in [0.2, 0.25) is 0 Å². The third-order valence-corrected chi connectivity index (χ3v) is 2.35. The summed E-state index contributed by atoms with van der Waals surface area (Å²) in [7, 11) is 0. The number of nitrogens with zero attached hydrogens (tertiary/aromatic N) is 2. The summed E-state index contributed by atoms with van der Waals surface area (Å²) in [6.07, 6.45) is 0. The van der Waals surface area contributed by atoms with Crippen molar-refractivity contribution in [2.24, 2.45) is 0 Å². The molecule has 16 heavy (non-hydrogen) atoms. The first-order chi connectivity index (χ1) is 7.58. The van der Waals surface area contributed by atoms with Crippen molar-refractivity contribution in [3.63, 3.8) is 0 Å². The standard InChI is InChI=1S/C10H10N4OS/c11-8-5-9(12)14(10(16)13-8)6-1-3-7(15)4-2-6/h1-5,15H,12H2,(H2,11,13,16). The lowest BCUT2D eigenvalue weighted by Gasteiger charge is -2.10. The maximum atomic E-state index is 9.18. The molecular formula is C10H10N4OS. The first-order valence-corrected chi connectivity index (χ1v) is 4.93. The molecule has 0 bridgehead atoms. The van der Waals surface area contributed by atoms with Crippen molar-refractivity contribution >= 4 is 23.9 Å². The van der Waals surface area contributed by atoms with E-state index in [9.17, 15) is 5.11 Å². The number of aromatic hydroxyl groups is 1. The van der Waals surface area contributed by atoms with E-state index in [0.29, 0.717) is 5.82 Å². The number of phenols is 1. The predicted molar refractivity (Wildman–Crippen MR) is 64.9 cm³/mol. The van der Waals surface area contributed by atoms with E-state index in [-0.39, 0.29) is 16.3 Å². The first kappa shape index (κ1) is 10.4. The Kier molecular flexibility index (Phi) is 2.49. The summed E-state index contributed by atoms with van der Waals surface area (Å²) in [6.45, 7) is 0. The van der Waals surface area contributed by atoms with Gasteiger partial charge in [-0.1, -0.05) is 0 Å². The number of anilines is 2.